The van der Waals surface area contributed by atoms with Crippen LogP contribution in [-0.4, -0.2) is 16.9 Å². The maximum atomic E-state index is 12.6. The quantitative estimate of drug-likeness (QED) is 0.692. The number of hydrogen-bond donors (Lipinski definition) is 2. The summed E-state index contributed by atoms with van der Waals surface area (Å²) in [5.41, 5.74) is 10.7. The summed E-state index contributed by atoms with van der Waals surface area (Å²) in [5.74, 6) is 0.427. The minimum atomic E-state index is -0.0926. The van der Waals surface area contributed by atoms with E-state index in [1.807, 2.05) is 6.92 Å². The van der Waals surface area contributed by atoms with Crippen LogP contribution in [0.25, 0.3) is 10.2 Å². The topological polar surface area (TPSA) is 68.0 Å². The van der Waals surface area contributed by atoms with Crippen LogP contribution in [-0.2, 0) is 12.8 Å². The molecule has 1 aliphatic rings. The maximum absolute atomic E-state index is 12.6. The Morgan fingerprint density at radius 2 is 2.15 bits per heavy atom. The zero-order valence-corrected chi connectivity index (χ0v) is 16.6. The number of carbonyl (C=O) groups is 1. The minimum Gasteiger partial charge on any atom is -0.397 e. The molecule has 0 aliphatic heterocycles. The highest BCUT2D eigenvalue weighted by Gasteiger charge is 2.24. The Hall–Kier alpha value is -2.40. The molecule has 1 aliphatic carbocycles. The van der Waals surface area contributed by atoms with Crippen molar-refractivity contribution in [3.8, 4) is 0 Å². The van der Waals surface area contributed by atoms with Crippen molar-refractivity contribution in [3.05, 3.63) is 58.1 Å². The van der Waals surface area contributed by atoms with Gasteiger partial charge in [-0.1, -0.05) is 37.3 Å². The number of thiophene rings is 1. The van der Waals surface area contributed by atoms with Crippen molar-refractivity contribution >= 4 is 33.1 Å². The lowest BCUT2D eigenvalue weighted by Gasteiger charge is -2.24. The van der Waals surface area contributed by atoms with Gasteiger partial charge in [-0.25, -0.2) is 4.98 Å². The Kier molecular flexibility index (Phi) is 4.87. The fourth-order valence-corrected chi connectivity index (χ4v) is 4.76. The van der Waals surface area contributed by atoms with E-state index in [0.717, 1.165) is 41.6 Å². The second-order valence-electron chi connectivity index (χ2n) is 7.42. The molecular weight excluding hydrogens is 354 g/mol. The second-order valence-corrected chi connectivity index (χ2v) is 8.42. The van der Waals surface area contributed by atoms with Gasteiger partial charge in [-0.3, -0.25) is 4.79 Å². The molecule has 3 aromatic rings. The lowest BCUT2D eigenvalue weighted by atomic mass is 9.82. The second kappa shape index (κ2) is 7.31. The van der Waals surface area contributed by atoms with Crippen molar-refractivity contribution in [2.24, 2.45) is 0 Å². The van der Waals surface area contributed by atoms with Gasteiger partial charge in [0.2, 0.25) is 0 Å². The summed E-state index contributed by atoms with van der Waals surface area (Å²) >= 11 is 1.41. The van der Waals surface area contributed by atoms with E-state index in [1.54, 1.807) is 0 Å². The molecular formula is C22H25N3OS. The normalized spacial score (nSPS) is 17.5. The molecule has 0 radical (unpaired) electrons. The van der Waals surface area contributed by atoms with Crippen LogP contribution < -0.4 is 11.1 Å². The summed E-state index contributed by atoms with van der Waals surface area (Å²) in [6.07, 6.45) is 3.95. The standard InChI is InChI=1S/C22H25N3OS/c1-3-13(2)24-21(26)20-19(23)17-12-16-11-15(14-7-5-4-6-8-14)9-10-18(16)25-22(17)27-20/h4-8,12-13,15H,3,9-11,23H2,1-2H3,(H,24,26). The van der Waals surface area contributed by atoms with Crippen LogP contribution in [0.5, 0.6) is 0 Å². The van der Waals surface area contributed by atoms with Gasteiger partial charge >= 0.3 is 0 Å². The van der Waals surface area contributed by atoms with Crippen molar-refractivity contribution in [2.75, 3.05) is 5.73 Å². The zero-order valence-electron chi connectivity index (χ0n) is 15.8. The molecule has 0 spiro atoms. The Morgan fingerprint density at radius 3 is 2.89 bits per heavy atom. The molecule has 0 fully saturated rings. The molecule has 4 rings (SSSR count). The number of aromatic nitrogens is 1. The molecule has 1 amide bonds. The molecule has 0 saturated carbocycles. The summed E-state index contributed by atoms with van der Waals surface area (Å²) in [6, 6.07) is 13.0. The van der Waals surface area contributed by atoms with Gasteiger partial charge < -0.3 is 11.1 Å². The number of aryl methyl sites for hydroxylation is 1. The smallest absolute Gasteiger partial charge is 0.263 e. The number of amides is 1. The fraction of sp³-hybridized carbons (Fsp3) is 0.364. The summed E-state index contributed by atoms with van der Waals surface area (Å²) < 4.78 is 0. The molecule has 0 bridgehead atoms. The number of anilines is 1. The summed E-state index contributed by atoms with van der Waals surface area (Å²) in [6.45, 7) is 4.06. The van der Waals surface area contributed by atoms with E-state index < -0.39 is 0 Å². The first-order valence-electron chi connectivity index (χ1n) is 9.63. The van der Waals surface area contributed by atoms with Crippen LogP contribution in [0.2, 0.25) is 0 Å². The fourth-order valence-electron chi connectivity index (χ4n) is 3.76. The number of nitrogens with two attached hydrogens (primary N) is 1. The average Bonchev–Trinajstić information content (AvgIpc) is 3.02. The van der Waals surface area contributed by atoms with Crippen LogP contribution in [0.3, 0.4) is 0 Å². The molecule has 5 heteroatoms. The van der Waals surface area contributed by atoms with E-state index in [4.69, 9.17) is 10.7 Å². The monoisotopic (exact) mass is 379 g/mol. The van der Waals surface area contributed by atoms with Crippen molar-refractivity contribution in [3.63, 3.8) is 0 Å². The minimum absolute atomic E-state index is 0.0926. The van der Waals surface area contributed by atoms with Gasteiger partial charge in [0.25, 0.3) is 5.91 Å². The van der Waals surface area contributed by atoms with E-state index in [2.05, 4.69) is 48.6 Å². The Balaban J connectivity index is 1.66. The molecule has 2 aromatic heterocycles. The number of nitrogens with zero attached hydrogens (tertiary/aromatic N) is 1. The maximum Gasteiger partial charge on any atom is 0.263 e. The number of fused-ring (bicyclic) bond motifs is 2. The Morgan fingerprint density at radius 1 is 1.37 bits per heavy atom. The Labute approximate surface area is 163 Å². The van der Waals surface area contributed by atoms with Gasteiger partial charge in [-0.05, 0) is 55.7 Å². The van der Waals surface area contributed by atoms with E-state index in [0.29, 0.717) is 16.5 Å². The first-order chi connectivity index (χ1) is 13.1. The van der Waals surface area contributed by atoms with Gasteiger partial charge in [0.1, 0.15) is 9.71 Å². The number of nitrogens with one attached hydrogen (secondary N) is 1. The number of carbonyl (C=O) groups excluding carboxylic acids is 1. The lowest BCUT2D eigenvalue weighted by molar-refractivity contribution is 0.0944. The zero-order chi connectivity index (χ0) is 19.0. The van der Waals surface area contributed by atoms with Crippen LogP contribution in [0.4, 0.5) is 5.69 Å². The number of pyridine rings is 1. The van der Waals surface area contributed by atoms with Crippen molar-refractivity contribution in [2.45, 2.75) is 51.5 Å². The van der Waals surface area contributed by atoms with E-state index in [-0.39, 0.29) is 11.9 Å². The number of hydrogen-bond acceptors (Lipinski definition) is 4. The summed E-state index contributed by atoms with van der Waals surface area (Å²) in [5, 5.41) is 3.93. The third-order valence-corrected chi connectivity index (χ3v) is 6.67. The highest BCUT2D eigenvalue weighted by atomic mass is 32.1. The van der Waals surface area contributed by atoms with Gasteiger partial charge in [0.15, 0.2) is 0 Å². The third-order valence-electron chi connectivity index (χ3n) is 5.55. The summed E-state index contributed by atoms with van der Waals surface area (Å²) in [4.78, 5) is 18.9. The van der Waals surface area contributed by atoms with Crippen molar-refractivity contribution in [1.82, 2.24) is 10.3 Å². The molecule has 1 aromatic carbocycles. The lowest BCUT2D eigenvalue weighted by Crippen LogP contribution is -2.31. The SMILES string of the molecule is CCC(C)NC(=O)c1sc2nc3c(cc2c1N)CC(c1ccccc1)CC3. The predicted octanol–water partition coefficient (Wildman–Crippen LogP) is 4.68. The van der Waals surface area contributed by atoms with Gasteiger partial charge in [-0.15, -0.1) is 11.3 Å². The number of benzene rings is 1. The van der Waals surface area contributed by atoms with Crippen LogP contribution in [0.15, 0.2) is 36.4 Å². The van der Waals surface area contributed by atoms with E-state index in [1.165, 1.54) is 22.5 Å². The van der Waals surface area contributed by atoms with Gasteiger partial charge in [0, 0.05) is 17.1 Å². The molecule has 2 heterocycles. The molecule has 0 saturated heterocycles. The molecule has 3 N–H and O–H groups in total. The van der Waals surface area contributed by atoms with Crippen LogP contribution >= 0.6 is 11.3 Å². The largest absolute Gasteiger partial charge is 0.397 e. The number of nitrogen functional groups attached to an aromatic ring is 1. The van der Waals surface area contributed by atoms with Gasteiger partial charge in [0.05, 0.1) is 5.69 Å². The predicted molar refractivity (Wildman–Crippen MR) is 112 cm³/mol. The van der Waals surface area contributed by atoms with Crippen molar-refractivity contribution in [1.29, 1.82) is 0 Å². The summed E-state index contributed by atoms with van der Waals surface area (Å²) in [7, 11) is 0. The highest BCUT2D eigenvalue weighted by molar-refractivity contribution is 7.21. The molecule has 27 heavy (non-hydrogen) atoms. The van der Waals surface area contributed by atoms with Crippen LogP contribution in [0.1, 0.15) is 59.1 Å². The third kappa shape index (κ3) is 3.44. The van der Waals surface area contributed by atoms with Gasteiger partial charge in [-0.2, -0.15) is 0 Å². The molecule has 140 valence electrons. The van der Waals surface area contributed by atoms with Crippen LogP contribution in [0, 0.1) is 0 Å². The highest BCUT2D eigenvalue weighted by Crippen LogP contribution is 2.38. The Bertz CT molecular complexity index is 980. The molecule has 2 unspecified atom stereocenters. The first kappa shape index (κ1) is 18.0. The first-order valence-corrected chi connectivity index (χ1v) is 10.4. The molecule has 4 nitrogen and oxygen atoms in total. The van der Waals surface area contributed by atoms with Crippen molar-refractivity contribution < 1.29 is 4.79 Å². The molecule has 2 atom stereocenters. The number of rotatable bonds is 4. The van der Waals surface area contributed by atoms with E-state index >= 15 is 0 Å². The van der Waals surface area contributed by atoms with E-state index in [9.17, 15) is 4.79 Å². The average molecular weight is 380 g/mol.